The molecule has 5 aromatic carbocycles. The zero-order valence-corrected chi connectivity index (χ0v) is 24.5. The summed E-state index contributed by atoms with van der Waals surface area (Å²) < 4.78 is 12.5. The van der Waals surface area contributed by atoms with Gasteiger partial charge < -0.3 is 9.47 Å². The van der Waals surface area contributed by atoms with E-state index in [9.17, 15) is 0 Å². The van der Waals surface area contributed by atoms with Crippen molar-refractivity contribution in [2.45, 2.75) is 39.5 Å². The van der Waals surface area contributed by atoms with Crippen LogP contribution in [0.5, 0.6) is 11.5 Å². The van der Waals surface area contributed by atoms with Crippen molar-refractivity contribution in [3.8, 4) is 11.5 Å². The first-order valence-electron chi connectivity index (χ1n) is 14.9. The van der Waals surface area contributed by atoms with Crippen LogP contribution in [-0.4, -0.2) is 13.7 Å². The number of benzene rings is 5. The summed E-state index contributed by atoms with van der Waals surface area (Å²) in [5.41, 5.74) is 4.38. The van der Waals surface area contributed by atoms with Crippen molar-refractivity contribution in [2.24, 2.45) is 5.92 Å². The Morgan fingerprint density at radius 3 is 1.68 bits per heavy atom. The highest BCUT2D eigenvalue weighted by Gasteiger charge is 2.13. The van der Waals surface area contributed by atoms with Crippen molar-refractivity contribution in [1.82, 2.24) is 0 Å². The number of unbranched alkanes of at least 4 members (excludes halogenated alkanes) is 1. The molecular formula is C39H40O2. The maximum atomic E-state index is 6.58. The van der Waals surface area contributed by atoms with E-state index in [-0.39, 0.29) is 0 Å². The van der Waals surface area contributed by atoms with E-state index >= 15 is 0 Å². The maximum absolute atomic E-state index is 6.58. The Balaban J connectivity index is 1.52. The molecule has 5 rings (SSSR count). The number of hydrogen-bond donors (Lipinski definition) is 0. The van der Waals surface area contributed by atoms with Gasteiger partial charge in [0.2, 0.25) is 0 Å². The minimum absolute atomic E-state index is 0.543. The molecule has 0 bridgehead atoms. The van der Waals surface area contributed by atoms with Crippen LogP contribution in [0.25, 0.3) is 45.8 Å². The molecule has 0 saturated heterocycles. The molecule has 0 aliphatic heterocycles. The van der Waals surface area contributed by atoms with E-state index in [0.717, 1.165) is 29.0 Å². The maximum Gasteiger partial charge on any atom is 0.127 e. The van der Waals surface area contributed by atoms with Crippen molar-refractivity contribution in [1.29, 1.82) is 0 Å². The average Bonchev–Trinajstić information content (AvgIpc) is 3.03. The molecule has 1 atom stereocenters. The third-order valence-corrected chi connectivity index (χ3v) is 7.91. The monoisotopic (exact) mass is 540 g/mol. The second-order valence-electron chi connectivity index (χ2n) is 10.7. The number of fused-ring (bicyclic) bond motifs is 2. The Kier molecular flexibility index (Phi) is 9.54. The lowest BCUT2D eigenvalue weighted by Crippen LogP contribution is -2.12. The lowest BCUT2D eigenvalue weighted by Gasteiger charge is -2.18. The highest BCUT2D eigenvalue weighted by atomic mass is 16.5. The molecule has 0 spiro atoms. The van der Waals surface area contributed by atoms with E-state index in [1.807, 2.05) is 0 Å². The average molecular weight is 541 g/mol. The van der Waals surface area contributed by atoms with Crippen molar-refractivity contribution >= 4 is 45.8 Å². The molecule has 0 saturated carbocycles. The second kappa shape index (κ2) is 13.9. The fourth-order valence-corrected chi connectivity index (χ4v) is 5.41. The van der Waals surface area contributed by atoms with Crippen LogP contribution in [0.1, 0.15) is 61.8 Å². The highest BCUT2D eigenvalue weighted by Crippen LogP contribution is 2.34. The number of ether oxygens (including phenoxy) is 2. The van der Waals surface area contributed by atoms with E-state index in [1.165, 1.54) is 51.9 Å². The third-order valence-electron chi connectivity index (χ3n) is 7.91. The fourth-order valence-electron chi connectivity index (χ4n) is 5.41. The zero-order valence-electron chi connectivity index (χ0n) is 24.5. The van der Waals surface area contributed by atoms with Gasteiger partial charge in [0.05, 0.1) is 13.7 Å². The molecule has 0 N–H and O–H groups in total. The Bertz CT molecular complexity index is 1650. The molecule has 5 aromatic rings. The Morgan fingerprint density at radius 2 is 1.12 bits per heavy atom. The van der Waals surface area contributed by atoms with Gasteiger partial charge in [-0.25, -0.2) is 0 Å². The Morgan fingerprint density at radius 1 is 0.610 bits per heavy atom. The standard InChI is InChI=1S/C39H40O2/c1-4-6-13-29(5-2)28-41-39-27-34(24-22-32-18-11-16-30-14-7-9-20-36(30)32)38(40-3)26-35(39)25-23-33-19-12-17-31-15-8-10-21-37(31)33/h7-12,14-27,29H,4-6,13,28H2,1-3H3. The van der Waals surface area contributed by atoms with Crippen LogP contribution in [0.4, 0.5) is 0 Å². The largest absolute Gasteiger partial charge is 0.496 e. The summed E-state index contributed by atoms with van der Waals surface area (Å²) >= 11 is 0. The zero-order chi connectivity index (χ0) is 28.4. The van der Waals surface area contributed by atoms with Crippen LogP contribution in [0.2, 0.25) is 0 Å². The van der Waals surface area contributed by atoms with Crippen LogP contribution in [0, 0.1) is 5.92 Å². The first-order chi connectivity index (χ1) is 20.2. The van der Waals surface area contributed by atoms with Crippen LogP contribution >= 0.6 is 0 Å². The van der Waals surface area contributed by atoms with Gasteiger partial charge in [-0.05, 0) is 57.1 Å². The second-order valence-corrected chi connectivity index (χ2v) is 10.7. The molecule has 0 fully saturated rings. The molecule has 0 aromatic heterocycles. The minimum atomic E-state index is 0.543. The number of rotatable bonds is 12. The van der Waals surface area contributed by atoms with E-state index in [4.69, 9.17) is 9.47 Å². The molecule has 0 amide bonds. The summed E-state index contributed by atoms with van der Waals surface area (Å²) in [5.74, 6) is 2.25. The van der Waals surface area contributed by atoms with E-state index < -0.39 is 0 Å². The molecule has 1 unspecified atom stereocenters. The van der Waals surface area contributed by atoms with Gasteiger partial charge in [-0.15, -0.1) is 0 Å². The van der Waals surface area contributed by atoms with E-state index in [1.54, 1.807) is 7.11 Å². The Labute approximate surface area is 245 Å². The minimum Gasteiger partial charge on any atom is -0.496 e. The van der Waals surface area contributed by atoms with Gasteiger partial charge in [-0.3, -0.25) is 0 Å². The summed E-state index contributed by atoms with van der Waals surface area (Å²) in [6.45, 7) is 5.23. The van der Waals surface area contributed by atoms with Gasteiger partial charge >= 0.3 is 0 Å². The van der Waals surface area contributed by atoms with Gasteiger partial charge in [0, 0.05) is 11.1 Å². The number of methoxy groups -OCH3 is 1. The fraction of sp³-hybridized carbons (Fsp3) is 0.231. The molecule has 208 valence electrons. The molecule has 0 aliphatic rings. The molecular weight excluding hydrogens is 500 g/mol. The topological polar surface area (TPSA) is 18.5 Å². The molecule has 2 nitrogen and oxygen atoms in total. The lowest BCUT2D eigenvalue weighted by atomic mass is 10.00. The van der Waals surface area contributed by atoms with Crippen molar-refractivity contribution < 1.29 is 9.47 Å². The predicted molar refractivity (Wildman–Crippen MR) is 178 cm³/mol. The van der Waals surface area contributed by atoms with Crippen LogP contribution in [-0.2, 0) is 0 Å². The van der Waals surface area contributed by atoms with Gasteiger partial charge in [-0.2, -0.15) is 0 Å². The molecule has 0 radical (unpaired) electrons. The van der Waals surface area contributed by atoms with E-state index in [2.05, 4.69) is 135 Å². The summed E-state index contributed by atoms with van der Waals surface area (Å²) in [7, 11) is 1.74. The summed E-state index contributed by atoms with van der Waals surface area (Å²) in [4.78, 5) is 0. The quantitative estimate of drug-likeness (QED) is 0.147. The van der Waals surface area contributed by atoms with Crippen molar-refractivity contribution in [3.05, 3.63) is 119 Å². The normalized spacial score (nSPS) is 12.5. The molecule has 0 aliphatic carbocycles. The van der Waals surface area contributed by atoms with Crippen LogP contribution in [0.15, 0.2) is 97.1 Å². The first kappa shape index (κ1) is 28.2. The van der Waals surface area contributed by atoms with Crippen molar-refractivity contribution in [3.63, 3.8) is 0 Å². The van der Waals surface area contributed by atoms with Crippen LogP contribution < -0.4 is 9.47 Å². The van der Waals surface area contributed by atoms with Gasteiger partial charge in [0.25, 0.3) is 0 Å². The summed E-state index contributed by atoms with van der Waals surface area (Å²) in [5, 5.41) is 4.94. The highest BCUT2D eigenvalue weighted by molar-refractivity contribution is 5.94. The molecule has 0 heterocycles. The van der Waals surface area contributed by atoms with Gasteiger partial charge in [-0.1, -0.05) is 142 Å². The first-order valence-corrected chi connectivity index (χ1v) is 14.9. The van der Waals surface area contributed by atoms with E-state index in [0.29, 0.717) is 12.5 Å². The lowest BCUT2D eigenvalue weighted by molar-refractivity contribution is 0.232. The molecule has 2 heteroatoms. The third kappa shape index (κ3) is 6.89. The summed E-state index contributed by atoms with van der Waals surface area (Å²) in [6.07, 6.45) is 13.4. The Hall–Kier alpha value is -4.30. The van der Waals surface area contributed by atoms with Gasteiger partial charge in [0.1, 0.15) is 11.5 Å². The predicted octanol–water partition coefficient (Wildman–Crippen LogP) is 10.9. The SMILES string of the molecule is CCCCC(CC)COc1cc(C=Cc2cccc3ccccc23)c(OC)cc1C=Cc1cccc2ccccc12. The summed E-state index contributed by atoms with van der Waals surface area (Å²) in [6, 6.07) is 34.1. The smallest absolute Gasteiger partial charge is 0.127 e. The molecule has 41 heavy (non-hydrogen) atoms. The van der Waals surface area contributed by atoms with Gasteiger partial charge in [0.15, 0.2) is 0 Å². The van der Waals surface area contributed by atoms with Crippen molar-refractivity contribution in [2.75, 3.05) is 13.7 Å². The van der Waals surface area contributed by atoms with Crippen LogP contribution in [0.3, 0.4) is 0 Å². The number of hydrogen-bond acceptors (Lipinski definition) is 2.